The van der Waals surface area contributed by atoms with E-state index in [0.717, 1.165) is 36.2 Å². The van der Waals surface area contributed by atoms with Crippen LogP contribution in [0.25, 0.3) is 0 Å². The Morgan fingerprint density at radius 2 is 1.60 bits per heavy atom. The molecule has 0 saturated heterocycles. The van der Waals surface area contributed by atoms with E-state index in [2.05, 4.69) is 46.8 Å². The molecule has 0 saturated carbocycles. The molecule has 1 heterocycles. The first-order valence-electron chi connectivity index (χ1n) is 13.8. The van der Waals surface area contributed by atoms with Crippen molar-refractivity contribution >= 4 is 47.3 Å². The number of imide groups is 2. The monoisotopic (exact) mass is 608 g/mol. The van der Waals surface area contributed by atoms with Crippen molar-refractivity contribution in [3.05, 3.63) is 104 Å². The molecule has 10 heteroatoms. The number of hydrogen-bond donors (Lipinski definition) is 2. The van der Waals surface area contributed by atoms with E-state index in [4.69, 9.17) is 23.2 Å². The maximum Gasteiger partial charge on any atom is 0.261 e. The fourth-order valence-corrected chi connectivity index (χ4v) is 5.47. The van der Waals surface area contributed by atoms with E-state index in [9.17, 15) is 19.2 Å². The first kappa shape index (κ1) is 31.4. The molecular weight excluding hydrogens is 575 g/mol. The second kappa shape index (κ2) is 14.6. The number of fused-ring (bicyclic) bond motifs is 1. The summed E-state index contributed by atoms with van der Waals surface area (Å²) in [4.78, 5) is 51.4. The van der Waals surface area contributed by atoms with Gasteiger partial charge in [-0.2, -0.15) is 0 Å². The summed E-state index contributed by atoms with van der Waals surface area (Å²) >= 11 is 12.3. The van der Waals surface area contributed by atoms with Crippen LogP contribution in [0.5, 0.6) is 0 Å². The normalized spacial score (nSPS) is 13.4. The molecule has 0 aliphatic carbocycles. The van der Waals surface area contributed by atoms with Crippen LogP contribution in [0.3, 0.4) is 0 Å². The molecule has 4 rings (SSSR count). The quantitative estimate of drug-likeness (QED) is 0.197. The zero-order valence-corrected chi connectivity index (χ0v) is 25.2. The number of benzene rings is 3. The second-order valence-electron chi connectivity index (χ2n) is 10.6. The standard InChI is InChI=1S/C32H34Cl2N4O4/c1-21(3-12-30(40)36-20-39)38-31(41)27-11-8-24(15-28(27)32(38)42)18-35-17-22-4-6-23(7-5-22)19-37(2)14-13-25-9-10-26(33)16-29(25)34/h4-11,15-16,20-21,35H,3,12-14,17-19H2,1-2H3,(H,36,39,40). The average Bonchev–Trinajstić information content (AvgIpc) is 3.21. The Morgan fingerprint density at radius 1 is 0.929 bits per heavy atom. The molecule has 2 N–H and O–H groups in total. The first-order valence-corrected chi connectivity index (χ1v) is 14.6. The molecular formula is C32H34Cl2N4O4. The van der Waals surface area contributed by atoms with Crippen LogP contribution in [0.1, 0.15) is 62.7 Å². The maximum absolute atomic E-state index is 13.0. The van der Waals surface area contributed by atoms with E-state index < -0.39 is 11.9 Å². The lowest BCUT2D eigenvalue weighted by Crippen LogP contribution is -2.38. The molecule has 0 radical (unpaired) electrons. The van der Waals surface area contributed by atoms with Crippen molar-refractivity contribution in [2.75, 3.05) is 13.6 Å². The molecule has 3 aromatic rings. The van der Waals surface area contributed by atoms with Crippen molar-refractivity contribution < 1.29 is 19.2 Å². The third-order valence-corrected chi connectivity index (χ3v) is 7.93. The molecule has 0 spiro atoms. The predicted octanol–water partition coefficient (Wildman–Crippen LogP) is 5.00. The van der Waals surface area contributed by atoms with Crippen LogP contribution in [-0.2, 0) is 35.6 Å². The summed E-state index contributed by atoms with van der Waals surface area (Å²) in [7, 11) is 2.09. The second-order valence-corrected chi connectivity index (χ2v) is 11.4. The summed E-state index contributed by atoms with van der Waals surface area (Å²) in [6.07, 6.45) is 1.48. The largest absolute Gasteiger partial charge is 0.309 e. The van der Waals surface area contributed by atoms with Gasteiger partial charge in [0, 0.05) is 48.7 Å². The zero-order chi connectivity index (χ0) is 30.2. The highest BCUT2D eigenvalue weighted by atomic mass is 35.5. The minimum absolute atomic E-state index is 0.0415. The van der Waals surface area contributed by atoms with Crippen LogP contribution in [0, 0.1) is 0 Å². The van der Waals surface area contributed by atoms with Crippen LogP contribution in [-0.4, -0.2) is 53.6 Å². The summed E-state index contributed by atoms with van der Waals surface area (Å²) in [5.41, 5.74) is 5.07. The number of nitrogens with zero attached hydrogens (tertiary/aromatic N) is 2. The Kier molecular flexibility index (Phi) is 10.9. The highest BCUT2D eigenvalue weighted by molar-refractivity contribution is 6.35. The Balaban J connectivity index is 1.24. The molecule has 1 unspecified atom stereocenters. The number of nitrogens with one attached hydrogen (secondary N) is 2. The van der Waals surface area contributed by atoms with Crippen molar-refractivity contribution in [2.45, 2.75) is 51.9 Å². The third kappa shape index (κ3) is 8.04. The fourth-order valence-electron chi connectivity index (χ4n) is 4.96. The molecule has 1 aliphatic heterocycles. The van der Waals surface area contributed by atoms with Gasteiger partial charge in [-0.15, -0.1) is 0 Å². The number of rotatable bonds is 14. The van der Waals surface area contributed by atoms with Gasteiger partial charge in [0.2, 0.25) is 12.3 Å². The van der Waals surface area contributed by atoms with Crippen LogP contribution in [0.15, 0.2) is 60.7 Å². The maximum atomic E-state index is 13.0. The molecule has 1 aliphatic rings. The number of likely N-dealkylation sites (N-methyl/N-ethyl adjacent to an activating group) is 1. The third-order valence-electron chi connectivity index (χ3n) is 7.34. The van der Waals surface area contributed by atoms with E-state index in [1.54, 1.807) is 25.1 Å². The highest BCUT2D eigenvalue weighted by Gasteiger charge is 2.38. The molecule has 0 aromatic heterocycles. The van der Waals surface area contributed by atoms with Gasteiger partial charge in [-0.05, 0) is 73.3 Å². The summed E-state index contributed by atoms with van der Waals surface area (Å²) in [6, 6.07) is 18.9. The summed E-state index contributed by atoms with van der Waals surface area (Å²) < 4.78 is 0. The van der Waals surface area contributed by atoms with Crippen LogP contribution in [0.4, 0.5) is 0 Å². The van der Waals surface area contributed by atoms with Crippen molar-refractivity contribution in [1.82, 2.24) is 20.4 Å². The smallest absolute Gasteiger partial charge is 0.261 e. The average molecular weight is 610 g/mol. The molecule has 8 nitrogen and oxygen atoms in total. The predicted molar refractivity (Wildman–Crippen MR) is 163 cm³/mol. The lowest BCUT2D eigenvalue weighted by Gasteiger charge is -2.22. The van der Waals surface area contributed by atoms with Gasteiger partial charge < -0.3 is 10.2 Å². The van der Waals surface area contributed by atoms with Crippen LogP contribution >= 0.6 is 23.2 Å². The van der Waals surface area contributed by atoms with Crippen LogP contribution in [0.2, 0.25) is 10.0 Å². The summed E-state index contributed by atoms with van der Waals surface area (Å²) in [6.45, 7) is 4.60. The first-order chi connectivity index (χ1) is 20.2. The Morgan fingerprint density at radius 3 is 2.31 bits per heavy atom. The molecule has 3 aromatic carbocycles. The molecule has 220 valence electrons. The van der Waals surface area contributed by atoms with E-state index in [0.29, 0.717) is 40.7 Å². The lowest BCUT2D eigenvalue weighted by atomic mass is 10.1. The van der Waals surface area contributed by atoms with Crippen molar-refractivity contribution in [3.8, 4) is 0 Å². The molecule has 4 amide bonds. The van der Waals surface area contributed by atoms with Crippen LogP contribution < -0.4 is 10.6 Å². The van der Waals surface area contributed by atoms with Gasteiger partial charge in [0.05, 0.1) is 11.1 Å². The Labute approximate surface area is 256 Å². The van der Waals surface area contributed by atoms with Gasteiger partial charge in [0.15, 0.2) is 0 Å². The molecule has 0 bridgehead atoms. The fraction of sp³-hybridized carbons (Fsp3) is 0.312. The van der Waals surface area contributed by atoms with Gasteiger partial charge in [-0.1, -0.05) is 59.6 Å². The topological polar surface area (TPSA) is 98.8 Å². The number of amides is 4. The number of carbonyl (C=O) groups excluding carboxylic acids is 4. The number of carbonyl (C=O) groups is 4. The summed E-state index contributed by atoms with van der Waals surface area (Å²) in [5.74, 6) is -1.17. The SMILES string of the molecule is CC(CCC(=O)NC=O)N1C(=O)c2ccc(CNCc3ccc(CN(C)CCc4ccc(Cl)cc4Cl)cc3)cc2C1=O. The Hall–Kier alpha value is -3.56. The van der Waals surface area contributed by atoms with Gasteiger partial charge in [-0.25, -0.2) is 0 Å². The van der Waals surface area contributed by atoms with E-state index >= 15 is 0 Å². The molecule has 0 fully saturated rings. The zero-order valence-electron chi connectivity index (χ0n) is 23.7. The van der Waals surface area contributed by atoms with Crippen molar-refractivity contribution in [1.29, 1.82) is 0 Å². The van der Waals surface area contributed by atoms with E-state index in [-0.39, 0.29) is 24.7 Å². The van der Waals surface area contributed by atoms with Gasteiger partial charge in [0.1, 0.15) is 0 Å². The van der Waals surface area contributed by atoms with Gasteiger partial charge in [0.25, 0.3) is 11.8 Å². The molecule has 42 heavy (non-hydrogen) atoms. The lowest BCUT2D eigenvalue weighted by molar-refractivity contribution is -0.125. The number of hydrogen-bond acceptors (Lipinski definition) is 6. The number of halogens is 2. The van der Waals surface area contributed by atoms with E-state index in [1.807, 2.05) is 18.2 Å². The van der Waals surface area contributed by atoms with Crippen molar-refractivity contribution in [3.63, 3.8) is 0 Å². The summed E-state index contributed by atoms with van der Waals surface area (Å²) in [5, 5.41) is 6.81. The minimum Gasteiger partial charge on any atom is -0.309 e. The Bertz CT molecular complexity index is 1460. The van der Waals surface area contributed by atoms with E-state index in [1.165, 1.54) is 10.5 Å². The highest BCUT2D eigenvalue weighted by Crippen LogP contribution is 2.27. The van der Waals surface area contributed by atoms with Crippen molar-refractivity contribution in [2.24, 2.45) is 0 Å². The molecule has 1 atom stereocenters. The van der Waals surface area contributed by atoms with Gasteiger partial charge in [-0.3, -0.25) is 29.4 Å². The minimum atomic E-state index is -0.471. The van der Waals surface area contributed by atoms with Gasteiger partial charge >= 0.3 is 0 Å².